The minimum Gasteiger partial charge on any atom is -0.343 e. The standard InChI is InChI=1S/C37H46ClN5O3/c1-3-31(39-2)35(44)42-34-28(22-23-40-24-25-14-17-29(38)18-15-25)16-19-30-20-21-32(43(30)37(34)46)36(45)41-33(26-10-6-4-7-11-26)27-12-8-5-9-13-27/h4-15,17-18,28,30-34,39-40H,3,16,19-24H2,1-2H3,(H,41,45)(H,42,44)/t28-,30+,31+,32+,34+/m1/s1. The SMILES string of the molecule is CC[C@H](NC)C(=O)N[C@@H]1C(=O)N2[C@@H](CC[C@@H]1CCNCc1ccc(Cl)cc1)CC[C@H]2C(=O)NC(c1ccccc1)c1ccccc1. The van der Waals surface area contributed by atoms with Gasteiger partial charge in [-0.05, 0) is 86.9 Å². The zero-order valence-electron chi connectivity index (χ0n) is 26.8. The molecular weight excluding hydrogens is 598 g/mol. The number of likely N-dealkylation sites (N-methyl/N-ethyl adjacent to an activating group) is 1. The van der Waals surface area contributed by atoms with Gasteiger partial charge in [0.25, 0.3) is 0 Å². The summed E-state index contributed by atoms with van der Waals surface area (Å²) in [6.45, 7) is 3.33. The minimum absolute atomic E-state index is 0.0344. The second-order valence-electron chi connectivity index (χ2n) is 12.4. The first-order valence-electron chi connectivity index (χ1n) is 16.5. The fraction of sp³-hybridized carbons (Fsp3) is 0.432. The number of amides is 3. The van der Waals surface area contributed by atoms with E-state index < -0.39 is 18.1 Å². The Morgan fingerprint density at radius 3 is 2.13 bits per heavy atom. The van der Waals surface area contributed by atoms with Gasteiger partial charge in [0.2, 0.25) is 17.7 Å². The number of fused-ring (bicyclic) bond motifs is 1. The molecule has 0 saturated carbocycles. The zero-order valence-corrected chi connectivity index (χ0v) is 27.5. The van der Waals surface area contributed by atoms with Crippen molar-refractivity contribution in [2.24, 2.45) is 5.92 Å². The monoisotopic (exact) mass is 643 g/mol. The molecule has 244 valence electrons. The number of nitrogens with one attached hydrogen (secondary N) is 4. The van der Waals surface area contributed by atoms with Crippen LogP contribution in [0.4, 0.5) is 0 Å². The molecule has 0 aliphatic carbocycles. The molecule has 8 nitrogen and oxygen atoms in total. The average molecular weight is 644 g/mol. The minimum atomic E-state index is -0.704. The van der Waals surface area contributed by atoms with Gasteiger partial charge < -0.3 is 26.2 Å². The Bertz CT molecular complexity index is 1390. The highest BCUT2D eigenvalue weighted by Gasteiger charge is 2.47. The molecule has 2 aliphatic heterocycles. The third kappa shape index (κ3) is 8.16. The van der Waals surface area contributed by atoms with E-state index in [-0.39, 0.29) is 35.7 Å². The predicted molar refractivity (Wildman–Crippen MR) is 182 cm³/mol. The molecule has 3 aromatic rings. The molecule has 9 heteroatoms. The van der Waals surface area contributed by atoms with Crippen LogP contribution in [0.15, 0.2) is 84.9 Å². The number of nitrogens with zero attached hydrogens (tertiary/aromatic N) is 1. The largest absolute Gasteiger partial charge is 0.343 e. The second-order valence-corrected chi connectivity index (χ2v) is 12.9. The number of carbonyl (C=O) groups excluding carboxylic acids is 3. The summed E-state index contributed by atoms with van der Waals surface area (Å²) in [5.41, 5.74) is 3.09. The third-order valence-electron chi connectivity index (χ3n) is 9.53. The molecule has 2 saturated heterocycles. The average Bonchev–Trinajstić information content (AvgIpc) is 3.47. The Kier molecular flexibility index (Phi) is 11.9. The molecule has 5 atom stereocenters. The van der Waals surface area contributed by atoms with Gasteiger partial charge in [-0.25, -0.2) is 0 Å². The molecule has 0 radical (unpaired) electrons. The van der Waals surface area contributed by atoms with Crippen molar-refractivity contribution in [3.63, 3.8) is 0 Å². The van der Waals surface area contributed by atoms with Crippen LogP contribution in [-0.4, -0.2) is 60.4 Å². The summed E-state index contributed by atoms with van der Waals surface area (Å²) in [4.78, 5) is 43.7. The Balaban J connectivity index is 1.33. The van der Waals surface area contributed by atoms with E-state index in [1.54, 1.807) is 11.9 Å². The summed E-state index contributed by atoms with van der Waals surface area (Å²) in [5.74, 6) is -0.560. The van der Waals surface area contributed by atoms with Crippen LogP contribution in [0, 0.1) is 5.92 Å². The normalized spacial score (nSPS) is 21.8. The quantitative estimate of drug-likeness (QED) is 0.197. The lowest BCUT2D eigenvalue weighted by Gasteiger charge is -2.33. The summed E-state index contributed by atoms with van der Waals surface area (Å²) >= 11 is 6.03. The maximum absolute atomic E-state index is 14.5. The van der Waals surface area contributed by atoms with E-state index >= 15 is 0 Å². The molecule has 2 heterocycles. The van der Waals surface area contributed by atoms with E-state index in [1.807, 2.05) is 91.9 Å². The molecular formula is C37H46ClN5O3. The lowest BCUT2D eigenvalue weighted by molar-refractivity contribution is -0.143. The van der Waals surface area contributed by atoms with Gasteiger partial charge in [0.05, 0.1) is 12.1 Å². The molecule has 2 aliphatic rings. The summed E-state index contributed by atoms with van der Waals surface area (Å²) in [7, 11) is 1.76. The highest BCUT2D eigenvalue weighted by Crippen LogP contribution is 2.36. The van der Waals surface area contributed by atoms with Gasteiger partial charge in [0.1, 0.15) is 12.1 Å². The Hall–Kier alpha value is -3.72. The summed E-state index contributed by atoms with van der Waals surface area (Å²) in [5, 5.41) is 13.7. The van der Waals surface area contributed by atoms with Gasteiger partial charge in [-0.1, -0.05) is 91.3 Å². The number of benzene rings is 3. The number of hydrogen-bond donors (Lipinski definition) is 4. The number of rotatable bonds is 13. The molecule has 0 unspecified atom stereocenters. The van der Waals surface area contributed by atoms with Crippen LogP contribution in [0.2, 0.25) is 5.02 Å². The van der Waals surface area contributed by atoms with E-state index in [0.29, 0.717) is 31.0 Å². The van der Waals surface area contributed by atoms with Crippen molar-refractivity contribution in [2.45, 2.75) is 82.2 Å². The van der Waals surface area contributed by atoms with Crippen LogP contribution in [-0.2, 0) is 20.9 Å². The van der Waals surface area contributed by atoms with Gasteiger partial charge >= 0.3 is 0 Å². The maximum atomic E-state index is 14.5. The first kappa shape index (κ1) is 33.6. The van der Waals surface area contributed by atoms with Gasteiger partial charge in [-0.15, -0.1) is 0 Å². The van der Waals surface area contributed by atoms with Crippen LogP contribution in [0.25, 0.3) is 0 Å². The van der Waals surface area contributed by atoms with E-state index in [2.05, 4.69) is 21.3 Å². The molecule has 3 aromatic carbocycles. The van der Waals surface area contributed by atoms with Crippen molar-refractivity contribution in [2.75, 3.05) is 13.6 Å². The highest BCUT2D eigenvalue weighted by atomic mass is 35.5. The summed E-state index contributed by atoms with van der Waals surface area (Å²) < 4.78 is 0. The number of halogens is 1. The Morgan fingerprint density at radius 1 is 0.891 bits per heavy atom. The number of hydrogen-bond acceptors (Lipinski definition) is 5. The van der Waals surface area contributed by atoms with Crippen molar-refractivity contribution in [3.05, 3.63) is 107 Å². The van der Waals surface area contributed by atoms with Gasteiger partial charge in [0.15, 0.2) is 0 Å². The number of carbonyl (C=O) groups is 3. The Morgan fingerprint density at radius 2 is 1.52 bits per heavy atom. The van der Waals surface area contributed by atoms with Gasteiger partial charge in [-0.2, -0.15) is 0 Å². The lowest BCUT2D eigenvalue weighted by Crippen LogP contribution is -2.58. The molecule has 0 aromatic heterocycles. The Labute approximate surface area is 277 Å². The zero-order chi connectivity index (χ0) is 32.5. The highest BCUT2D eigenvalue weighted by molar-refractivity contribution is 6.30. The van der Waals surface area contributed by atoms with E-state index in [0.717, 1.165) is 42.4 Å². The topological polar surface area (TPSA) is 103 Å². The van der Waals surface area contributed by atoms with Crippen molar-refractivity contribution in [3.8, 4) is 0 Å². The molecule has 5 rings (SSSR count). The lowest BCUT2D eigenvalue weighted by atomic mass is 9.90. The van der Waals surface area contributed by atoms with Gasteiger partial charge in [-0.3, -0.25) is 14.4 Å². The molecule has 46 heavy (non-hydrogen) atoms. The van der Waals surface area contributed by atoms with Crippen LogP contribution < -0.4 is 21.3 Å². The van der Waals surface area contributed by atoms with Crippen LogP contribution in [0.5, 0.6) is 0 Å². The van der Waals surface area contributed by atoms with Crippen LogP contribution >= 0.6 is 11.6 Å². The predicted octanol–water partition coefficient (Wildman–Crippen LogP) is 4.98. The van der Waals surface area contributed by atoms with E-state index in [9.17, 15) is 14.4 Å². The van der Waals surface area contributed by atoms with Crippen molar-refractivity contribution in [1.82, 2.24) is 26.2 Å². The van der Waals surface area contributed by atoms with Crippen LogP contribution in [0.3, 0.4) is 0 Å². The fourth-order valence-electron chi connectivity index (χ4n) is 6.97. The van der Waals surface area contributed by atoms with Crippen molar-refractivity contribution < 1.29 is 14.4 Å². The first-order chi connectivity index (χ1) is 22.4. The van der Waals surface area contributed by atoms with Crippen molar-refractivity contribution >= 4 is 29.3 Å². The van der Waals surface area contributed by atoms with Crippen molar-refractivity contribution in [1.29, 1.82) is 0 Å². The van der Waals surface area contributed by atoms with Gasteiger partial charge in [0, 0.05) is 17.6 Å². The second kappa shape index (κ2) is 16.2. The van der Waals surface area contributed by atoms with E-state index in [1.165, 1.54) is 0 Å². The van der Waals surface area contributed by atoms with Crippen LogP contribution in [0.1, 0.15) is 68.2 Å². The molecule has 4 N–H and O–H groups in total. The smallest absolute Gasteiger partial charge is 0.246 e. The third-order valence-corrected chi connectivity index (χ3v) is 9.78. The molecule has 3 amide bonds. The molecule has 0 spiro atoms. The maximum Gasteiger partial charge on any atom is 0.246 e. The van der Waals surface area contributed by atoms with E-state index in [4.69, 9.17) is 11.6 Å². The molecule has 0 bridgehead atoms. The summed E-state index contributed by atoms with van der Waals surface area (Å²) in [6, 6.07) is 25.5. The fourth-order valence-corrected chi connectivity index (χ4v) is 7.09. The summed E-state index contributed by atoms with van der Waals surface area (Å²) in [6.07, 6.45) is 4.29. The molecule has 2 fully saturated rings. The first-order valence-corrected chi connectivity index (χ1v) is 16.9.